The SMILES string of the molecule is CCCS(=O)(=O)Nc1ccc(F)c(C(=O)c2c[nH]c3ncc(-c4ccc(CC(C)=O)nc4)cc23)c1F. The van der Waals surface area contributed by atoms with E-state index in [-0.39, 0.29) is 23.5 Å². The zero-order chi connectivity index (χ0) is 26.0. The molecule has 11 heteroatoms. The highest BCUT2D eigenvalue weighted by atomic mass is 32.2. The number of H-pyrrole nitrogens is 1. The van der Waals surface area contributed by atoms with Crippen LogP contribution in [0, 0.1) is 11.6 Å². The Morgan fingerprint density at radius 2 is 1.81 bits per heavy atom. The normalized spacial score (nSPS) is 11.6. The molecule has 36 heavy (non-hydrogen) atoms. The molecule has 0 amide bonds. The minimum absolute atomic E-state index is 0.0180. The van der Waals surface area contributed by atoms with Crippen LogP contribution in [0.25, 0.3) is 22.2 Å². The first-order valence-corrected chi connectivity index (χ1v) is 12.7. The number of Topliss-reactive ketones (excluding diaryl/α,β-unsaturated/α-hetero) is 1. The average molecular weight is 513 g/mol. The molecule has 8 nitrogen and oxygen atoms in total. The number of carbonyl (C=O) groups excluding carboxylic acids is 2. The topological polar surface area (TPSA) is 122 Å². The number of hydrogen-bond acceptors (Lipinski definition) is 6. The average Bonchev–Trinajstić information content (AvgIpc) is 3.24. The van der Waals surface area contributed by atoms with Crippen molar-refractivity contribution in [3.05, 3.63) is 77.4 Å². The lowest BCUT2D eigenvalue weighted by molar-refractivity contribution is -0.116. The maximum atomic E-state index is 15.2. The Labute approximate surface area is 205 Å². The summed E-state index contributed by atoms with van der Waals surface area (Å²) >= 11 is 0. The smallest absolute Gasteiger partial charge is 0.232 e. The van der Waals surface area contributed by atoms with E-state index < -0.39 is 38.7 Å². The molecule has 1 aromatic carbocycles. The van der Waals surface area contributed by atoms with Gasteiger partial charge in [0.05, 0.1) is 17.0 Å². The molecule has 4 rings (SSSR count). The third-order valence-electron chi connectivity index (χ3n) is 5.42. The van der Waals surface area contributed by atoms with Crippen LogP contribution in [0.1, 0.15) is 41.9 Å². The van der Waals surface area contributed by atoms with Gasteiger partial charge in [0, 0.05) is 52.8 Å². The number of aromatic amines is 1. The van der Waals surface area contributed by atoms with Gasteiger partial charge < -0.3 is 4.98 Å². The monoisotopic (exact) mass is 512 g/mol. The maximum absolute atomic E-state index is 15.2. The van der Waals surface area contributed by atoms with Gasteiger partial charge in [-0.1, -0.05) is 13.0 Å². The molecule has 0 atom stereocenters. The van der Waals surface area contributed by atoms with Crippen LogP contribution < -0.4 is 4.72 Å². The van der Waals surface area contributed by atoms with Gasteiger partial charge in [-0.3, -0.25) is 19.3 Å². The van der Waals surface area contributed by atoms with Crippen molar-refractivity contribution in [3.63, 3.8) is 0 Å². The molecule has 3 heterocycles. The summed E-state index contributed by atoms with van der Waals surface area (Å²) in [4.78, 5) is 35.9. The third-order valence-corrected chi connectivity index (χ3v) is 6.90. The van der Waals surface area contributed by atoms with E-state index in [1.807, 2.05) is 0 Å². The van der Waals surface area contributed by atoms with Gasteiger partial charge in [-0.15, -0.1) is 0 Å². The fourth-order valence-electron chi connectivity index (χ4n) is 3.77. The van der Waals surface area contributed by atoms with Crippen molar-refractivity contribution < 1.29 is 26.8 Å². The van der Waals surface area contributed by atoms with Crippen molar-refractivity contribution in [3.8, 4) is 11.1 Å². The van der Waals surface area contributed by atoms with Crippen LogP contribution in [-0.2, 0) is 21.2 Å². The number of aromatic nitrogens is 3. The number of nitrogens with zero attached hydrogens (tertiary/aromatic N) is 2. The first kappa shape index (κ1) is 25.1. The Balaban J connectivity index is 1.73. The van der Waals surface area contributed by atoms with Crippen LogP contribution >= 0.6 is 0 Å². The van der Waals surface area contributed by atoms with Crippen molar-refractivity contribution in [1.82, 2.24) is 15.0 Å². The summed E-state index contributed by atoms with van der Waals surface area (Å²) in [7, 11) is -3.86. The van der Waals surface area contributed by atoms with E-state index >= 15 is 4.39 Å². The summed E-state index contributed by atoms with van der Waals surface area (Å²) in [5, 5.41) is 0.320. The van der Waals surface area contributed by atoms with Crippen molar-refractivity contribution in [2.24, 2.45) is 0 Å². The van der Waals surface area contributed by atoms with E-state index in [2.05, 4.69) is 19.7 Å². The predicted molar refractivity (Wildman–Crippen MR) is 131 cm³/mol. The number of pyridine rings is 2. The molecule has 2 N–H and O–H groups in total. The lowest BCUT2D eigenvalue weighted by atomic mass is 10.00. The summed E-state index contributed by atoms with van der Waals surface area (Å²) in [5.41, 5.74) is 0.770. The molecule has 186 valence electrons. The van der Waals surface area contributed by atoms with Gasteiger partial charge >= 0.3 is 0 Å². The van der Waals surface area contributed by atoms with Gasteiger partial charge in [0.25, 0.3) is 0 Å². The molecule has 0 bridgehead atoms. The van der Waals surface area contributed by atoms with Crippen molar-refractivity contribution in [2.45, 2.75) is 26.7 Å². The molecule has 4 aromatic rings. The lowest BCUT2D eigenvalue weighted by Crippen LogP contribution is -2.18. The fourth-order valence-corrected chi connectivity index (χ4v) is 4.90. The molecule has 0 aliphatic carbocycles. The van der Waals surface area contributed by atoms with E-state index in [4.69, 9.17) is 0 Å². The van der Waals surface area contributed by atoms with Crippen molar-refractivity contribution in [2.75, 3.05) is 10.5 Å². The molecule has 0 saturated carbocycles. The van der Waals surface area contributed by atoms with E-state index in [9.17, 15) is 22.4 Å². The number of carbonyl (C=O) groups is 2. The van der Waals surface area contributed by atoms with Crippen molar-refractivity contribution in [1.29, 1.82) is 0 Å². The Kier molecular flexibility index (Phi) is 6.93. The number of ketones is 2. The Morgan fingerprint density at radius 3 is 2.47 bits per heavy atom. The fraction of sp³-hybridized carbons (Fsp3) is 0.200. The standard InChI is InChI=1S/C25H22F2N4O4S/c1-3-8-36(34,35)31-21-7-6-20(26)22(23(21)27)24(33)19-13-30-25-18(19)10-16(12-29-25)15-4-5-17(28-11-15)9-14(2)32/h4-7,10-13,31H,3,8-9H2,1-2H3,(H,29,30). The highest BCUT2D eigenvalue weighted by Crippen LogP contribution is 2.29. The molecule has 3 aromatic heterocycles. The zero-order valence-electron chi connectivity index (χ0n) is 19.4. The Hall–Kier alpha value is -3.99. The molecule has 0 aliphatic heterocycles. The Bertz CT molecular complexity index is 1580. The summed E-state index contributed by atoms with van der Waals surface area (Å²) in [6.07, 6.45) is 4.92. The number of hydrogen-bond donors (Lipinski definition) is 2. The number of nitrogens with one attached hydrogen (secondary N) is 2. The van der Waals surface area contributed by atoms with Crippen LogP contribution in [0.2, 0.25) is 0 Å². The molecule has 0 fully saturated rings. The van der Waals surface area contributed by atoms with E-state index in [0.29, 0.717) is 34.3 Å². The second-order valence-corrected chi connectivity index (χ2v) is 10.1. The Morgan fingerprint density at radius 1 is 1.06 bits per heavy atom. The van der Waals surface area contributed by atoms with E-state index in [1.165, 1.54) is 13.1 Å². The summed E-state index contributed by atoms with van der Waals surface area (Å²) < 4.78 is 56.0. The second kappa shape index (κ2) is 9.94. The van der Waals surface area contributed by atoms with Crippen LogP contribution in [-0.4, -0.2) is 40.7 Å². The van der Waals surface area contributed by atoms with Gasteiger partial charge in [-0.2, -0.15) is 0 Å². The predicted octanol–water partition coefficient (Wildman–Crippen LogP) is 4.42. The van der Waals surface area contributed by atoms with Crippen LogP contribution in [0.5, 0.6) is 0 Å². The van der Waals surface area contributed by atoms with E-state index in [1.54, 1.807) is 37.5 Å². The molecular weight excluding hydrogens is 490 g/mol. The van der Waals surface area contributed by atoms with Gasteiger partial charge in [-0.05, 0) is 37.6 Å². The molecular formula is C25H22F2N4O4S. The number of sulfonamides is 1. The number of anilines is 1. The molecule has 0 spiro atoms. The van der Waals surface area contributed by atoms with Crippen molar-refractivity contribution >= 4 is 38.3 Å². The number of benzene rings is 1. The van der Waals surface area contributed by atoms with Crippen LogP contribution in [0.15, 0.2) is 48.9 Å². The summed E-state index contributed by atoms with van der Waals surface area (Å²) in [5.74, 6) is -3.67. The van der Waals surface area contributed by atoms with Gasteiger partial charge in [0.1, 0.15) is 17.2 Å². The first-order valence-electron chi connectivity index (χ1n) is 11.0. The van der Waals surface area contributed by atoms with E-state index in [0.717, 1.165) is 12.1 Å². The first-order chi connectivity index (χ1) is 17.1. The highest BCUT2D eigenvalue weighted by Gasteiger charge is 2.26. The highest BCUT2D eigenvalue weighted by molar-refractivity contribution is 7.92. The largest absolute Gasteiger partial charge is 0.345 e. The third kappa shape index (κ3) is 5.15. The minimum atomic E-state index is -3.86. The summed E-state index contributed by atoms with van der Waals surface area (Å²) in [6.45, 7) is 3.12. The second-order valence-electron chi connectivity index (χ2n) is 8.27. The summed E-state index contributed by atoms with van der Waals surface area (Å²) in [6, 6.07) is 6.88. The lowest BCUT2D eigenvalue weighted by Gasteiger charge is -2.11. The molecule has 0 saturated heterocycles. The number of fused-ring (bicyclic) bond motifs is 1. The van der Waals surface area contributed by atoms with Gasteiger partial charge in [0.2, 0.25) is 15.8 Å². The quantitative estimate of drug-likeness (QED) is 0.320. The maximum Gasteiger partial charge on any atom is 0.232 e. The molecule has 0 aliphatic rings. The zero-order valence-corrected chi connectivity index (χ0v) is 20.2. The van der Waals surface area contributed by atoms with Crippen LogP contribution in [0.4, 0.5) is 14.5 Å². The molecule has 0 radical (unpaired) electrons. The minimum Gasteiger partial charge on any atom is -0.345 e. The van der Waals surface area contributed by atoms with Gasteiger partial charge in [-0.25, -0.2) is 22.2 Å². The number of rotatable bonds is 9. The van der Waals surface area contributed by atoms with Crippen LogP contribution in [0.3, 0.4) is 0 Å². The number of halogens is 2. The van der Waals surface area contributed by atoms with Gasteiger partial charge in [0.15, 0.2) is 5.82 Å². The molecule has 0 unspecified atom stereocenters.